The number of nitrogens with one attached hydrogen (secondary N) is 1. The number of nitrogens with zero attached hydrogens (tertiary/aromatic N) is 5. The minimum absolute atomic E-state index is 0.120. The minimum Gasteiger partial charge on any atom is -0.365 e. The summed E-state index contributed by atoms with van der Waals surface area (Å²) in [5.74, 6) is 0.228. The SMILES string of the molecule is CCCn1cc(-c2ncnc(NCC)c2[N+](=O)[O-])cn1. The van der Waals surface area contributed by atoms with Crippen molar-refractivity contribution in [1.82, 2.24) is 19.7 Å². The Kier molecular flexibility index (Phi) is 4.24. The molecule has 0 fully saturated rings. The second kappa shape index (κ2) is 6.09. The van der Waals surface area contributed by atoms with Gasteiger partial charge in [-0.25, -0.2) is 9.97 Å². The first-order valence-corrected chi connectivity index (χ1v) is 6.43. The van der Waals surface area contributed by atoms with Gasteiger partial charge in [0.05, 0.1) is 11.1 Å². The van der Waals surface area contributed by atoms with E-state index in [0.29, 0.717) is 12.1 Å². The average molecular weight is 276 g/mol. The Morgan fingerprint density at radius 2 is 2.20 bits per heavy atom. The van der Waals surface area contributed by atoms with Crippen LogP contribution in [0.1, 0.15) is 20.3 Å². The summed E-state index contributed by atoms with van der Waals surface area (Å²) in [5, 5.41) is 18.3. The van der Waals surface area contributed by atoms with Crippen molar-refractivity contribution in [3.8, 4) is 11.3 Å². The van der Waals surface area contributed by atoms with Crippen LogP contribution >= 0.6 is 0 Å². The Labute approximate surface area is 116 Å². The summed E-state index contributed by atoms with van der Waals surface area (Å²) in [4.78, 5) is 18.8. The van der Waals surface area contributed by atoms with Crippen LogP contribution in [0.25, 0.3) is 11.3 Å². The molecule has 0 aliphatic rings. The fraction of sp³-hybridized carbons (Fsp3) is 0.417. The van der Waals surface area contributed by atoms with E-state index in [1.807, 2.05) is 13.8 Å². The second-order valence-corrected chi connectivity index (χ2v) is 4.20. The van der Waals surface area contributed by atoms with Gasteiger partial charge < -0.3 is 5.32 Å². The molecule has 0 unspecified atom stereocenters. The number of anilines is 1. The molecule has 0 amide bonds. The van der Waals surface area contributed by atoms with E-state index in [1.165, 1.54) is 6.33 Å². The largest absolute Gasteiger partial charge is 0.365 e. The van der Waals surface area contributed by atoms with Crippen molar-refractivity contribution in [2.75, 3.05) is 11.9 Å². The first-order chi connectivity index (χ1) is 9.67. The van der Waals surface area contributed by atoms with E-state index in [2.05, 4.69) is 20.4 Å². The molecule has 0 radical (unpaired) electrons. The third kappa shape index (κ3) is 2.73. The van der Waals surface area contributed by atoms with Crippen LogP contribution in [0.3, 0.4) is 0 Å². The van der Waals surface area contributed by atoms with Crippen LogP contribution in [0.15, 0.2) is 18.7 Å². The Morgan fingerprint density at radius 1 is 1.40 bits per heavy atom. The third-order valence-corrected chi connectivity index (χ3v) is 2.71. The highest BCUT2D eigenvalue weighted by Gasteiger charge is 2.24. The van der Waals surface area contributed by atoms with Gasteiger partial charge in [-0.3, -0.25) is 14.8 Å². The van der Waals surface area contributed by atoms with Crippen LogP contribution in [0.5, 0.6) is 0 Å². The van der Waals surface area contributed by atoms with Gasteiger partial charge >= 0.3 is 5.69 Å². The summed E-state index contributed by atoms with van der Waals surface area (Å²) >= 11 is 0. The zero-order valence-corrected chi connectivity index (χ0v) is 11.4. The molecule has 0 aromatic carbocycles. The monoisotopic (exact) mass is 276 g/mol. The van der Waals surface area contributed by atoms with Crippen molar-refractivity contribution in [3.05, 3.63) is 28.8 Å². The Bertz CT molecular complexity index is 610. The fourth-order valence-corrected chi connectivity index (χ4v) is 1.90. The number of rotatable bonds is 6. The molecule has 106 valence electrons. The molecule has 0 atom stereocenters. The molecule has 2 aromatic heterocycles. The van der Waals surface area contributed by atoms with E-state index in [4.69, 9.17) is 0 Å². The number of hydrogen-bond acceptors (Lipinski definition) is 6. The quantitative estimate of drug-likeness (QED) is 0.640. The van der Waals surface area contributed by atoms with Gasteiger partial charge in [0.1, 0.15) is 6.33 Å². The summed E-state index contributed by atoms with van der Waals surface area (Å²) in [6.07, 6.45) is 5.60. The molecule has 8 nitrogen and oxygen atoms in total. The maximum Gasteiger partial charge on any atom is 0.337 e. The second-order valence-electron chi connectivity index (χ2n) is 4.20. The first kappa shape index (κ1) is 13.9. The fourth-order valence-electron chi connectivity index (χ4n) is 1.90. The molecule has 2 rings (SSSR count). The lowest BCUT2D eigenvalue weighted by Crippen LogP contribution is -2.06. The van der Waals surface area contributed by atoms with E-state index in [1.54, 1.807) is 17.1 Å². The van der Waals surface area contributed by atoms with Gasteiger partial charge in [0.25, 0.3) is 0 Å². The first-order valence-electron chi connectivity index (χ1n) is 6.43. The summed E-state index contributed by atoms with van der Waals surface area (Å²) in [6, 6.07) is 0. The molecular weight excluding hydrogens is 260 g/mol. The van der Waals surface area contributed by atoms with Crippen LogP contribution in [0.4, 0.5) is 11.5 Å². The minimum atomic E-state index is -0.468. The Morgan fingerprint density at radius 3 is 2.85 bits per heavy atom. The predicted molar refractivity (Wildman–Crippen MR) is 74.4 cm³/mol. The van der Waals surface area contributed by atoms with Crippen LogP contribution in [-0.2, 0) is 6.54 Å². The molecule has 20 heavy (non-hydrogen) atoms. The van der Waals surface area contributed by atoms with Gasteiger partial charge in [-0.15, -0.1) is 0 Å². The van der Waals surface area contributed by atoms with Gasteiger partial charge in [-0.05, 0) is 13.3 Å². The van der Waals surface area contributed by atoms with Crippen molar-refractivity contribution in [3.63, 3.8) is 0 Å². The molecule has 8 heteroatoms. The maximum atomic E-state index is 11.3. The summed E-state index contributed by atoms with van der Waals surface area (Å²) in [5.41, 5.74) is 0.778. The lowest BCUT2D eigenvalue weighted by molar-refractivity contribution is -0.383. The molecule has 0 aliphatic carbocycles. The molecular formula is C12H16N6O2. The van der Waals surface area contributed by atoms with E-state index >= 15 is 0 Å². The highest BCUT2D eigenvalue weighted by Crippen LogP contribution is 2.32. The zero-order valence-electron chi connectivity index (χ0n) is 11.4. The molecule has 0 saturated carbocycles. The van der Waals surface area contributed by atoms with Gasteiger partial charge in [-0.2, -0.15) is 5.10 Å². The standard InChI is InChI=1S/C12H16N6O2/c1-3-5-17-7-9(6-16-17)10-11(18(19)20)12(13-4-2)15-8-14-10/h6-8H,3-5H2,1-2H3,(H,13,14,15). The smallest absolute Gasteiger partial charge is 0.337 e. The number of hydrogen-bond donors (Lipinski definition) is 1. The molecule has 2 heterocycles. The van der Waals surface area contributed by atoms with Crippen LogP contribution in [-0.4, -0.2) is 31.2 Å². The van der Waals surface area contributed by atoms with E-state index in [9.17, 15) is 10.1 Å². The zero-order chi connectivity index (χ0) is 14.5. The lowest BCUT2D eigenvalue weighted by atomic mass is 10.2. The van der Waals surface area contributed by atoms with E-state index < -0.39 is 4.92 Å². The molecule has 0 bridgehead atoms. The predicted octanol–water partition coefficient (Wildman–Crippen LogP) is 2.09. The number of nitro groups is 1. The van der Waals surface area contributed by atoms with Crippen molar-refractivity contribution in [2.45, 2.75) is 26.8 Å². The lowest BCUT2D eigenvalue weighted by Gasteiger charge is -2.05. The molecule has 2 aromatic rings. The molecule has 0 aliphatic heterocycles. The highest BCUT2D eigenvalue weighted by atomic mass is 16.6. The Hall–Kier alpha value is -2.51. The van der Waals surface area contributed by atoms with Crippen molar-refractivity contribution < 1.29 is 4.92 Å². The van der Waals surface area contributed by atoms with Gasteiger partial charge in [0.2, 0.25) is 5.82 Å². The summed E-state index contributed by atoms with van der Waals surface area (Å²) in [7, 11) is 0. The Balaban J connectivity index is 2.48. The van der Waals surface area contributed by atoms with Crippen molar-refractivity contribution in [2.24, 2.45) is 0 Å². The van der Waals surface area contributed by atoms with Crippen molar-refractivity contribution in [1.29, 1.82) is 0 Å². The van der Waals surface area contributed by atoms with Crippen LogP contribution in [0, 0.1) is 10.1 Å². The molecule has 0 spiro atoms. The van der Waals surface area contributed by atoms with Gasteiger partial charge in [-0.1, -0.05) is 6.92 Å². The van der Waals surface area contributed by atoms with Gasteiger partial charge in [0.15, 0.2) is 5.69 Å². The average Bonchev–Trinajstić information content (AvgIpc) is 2.87. The molecule has 1 N–H and O–H groups in total. The summed E-state index contributed by atoms with van der Waals surface area (Å²) < 4.78 is 1.74. The molecule has 0 saturated heterocycles. The van der Waals surface area contributed by atoms with E-state index in [0.717, 1.165) is 13.0 Å². The van der Waals surface area contributed by atoms with Crippen molar-refractivity contribution >= 4 is 11.5 Å². The number of aryl methyl sites for hydroxylation is 1. The van der Waals surface area contributed by atoms with Crippen LogP contribution < -0.4 is 5.32 Å². The highest BCUT2D eigenvalue weighted by molar-refractivity contribution is 5.75. The maximum absolute atomic E-state index is 11.3. The topological polar surface area (TPSA) is 98.8 Å². The number of aromatic nitrogens is 4. The third-order valence-electron chi connectivity index (χ3n) is 2.71. The van der Waals surface area contributed by atoms with Gasteiger partial charge in [0, 0.05) is 24.8 Å². The summed E-state index contributed by atoms with van der Waals surface area (Å²) in [6.45, 7) is 5.20. The van der Waals surface area contributed by atoms with E-state index in [-0.39, 0.29) is 17.2 Å². The normalized spacial score (nSPS) is 10.5. The van der Waals surface area contributed by atoms with Crippen LogP contribution in [0.2, 0.25) is 0 Å².